The van der Waals surface area contributed by atoms with Gasteiger partial charge in [0.15, 0.2) is 9.84 Å². The van der Waals surface area contributed by atoms with E-state index in [0.29, 0.717) is 12.2 Å². The van der Waals surface area contributed by atoms with Gasteiger partial charge in [0.05, 0.1) is 17.5 Å². The van der Waals surface area contributed by atoms with Crippen LogP contribution < -0.4 is 4.90 Å². The molecule has 1 aromatic rings. The van der Waals surface area contributed by atoms with Gasteiger partial charge in [-0.1, -0.05) is 6.07 Å². The second-order valence-electron chi connectivity index (χ2n) is 4.59. The van der Waals surface area contributed by atoms with Gasteiger partial charge in [-0.3, -0.25) is 9.69 Å². The van der Waals surface area contributed by atoms with Crippen LogP contribution in [0.1, 0.15) is 12.1 Å². The van der Waals surface area contributed by atoms with E-state index in [1.807, 2.05) is 13.0 Å². The molecule has 2 rings (SSSR count). The van der Waals surface area contributed by atoms with Gasteiger partial charge in [-0.15, -0.1) is 11.6 Å². The molecule has 1 aromatic heterocycles. The van der Waals surface area contributed by atoms with Crippen LogP contribution in [0.3, 0.4) is 0 Å². The molecule has 19 heavy (non-hydrogen) atoms. The van der Waals surface area contributed by atoms with Crippen molar-refractivity contribution < 1.29 is 13.2 Å². The second kappa shape index (κ2) is 5.46. The first-order valence-electron chi connectivity index (χ1n) is 5.95. The quantitative estimate of drug-likeness (QED) is 0.786. The van der Waals surface area contributed by atoms with Crippen LogP contribution in [0.25, 0.3) is 0 Å². The summed E-state index contributed by atoms with van der Waals surface area (Å²) in [6, 6.07) is 4.93. The molecule has 1 fully saturated rings. The standard InChI is InChI=1S/C12H15ClN2O3S/c1-9-3-2-4-11(14-9)15(12(16)7-13)10-5-6-19(17,18)8-10/h2-4,10H,5-8H2,1H3/t10-/m0/s1. The summed E-state index contributed by atoms with van der Waals surface area (Å²) in [6.07, 6.45) is 0.431. The van der Waals surface area contributed by atoms with Crippen LogP contribution in [0, 0.1) is 6.92 Å². The van der Waals surface area contributed by atoms with Crippen molar-refractivity contribution in [1.82, 2.24) is 4.98 Å². The number of hydrogen-bond acceptors (Lipinski definition) is 4. The zero-order valence-corrected chi connectivity index (χ0v) is 12.1. The summed E-state index contributed by atoms with van der Waals surface area (Å²) in [5.41, 5.74) is 0.769. The Morgan fingerprint density at radius 1 is 1.53 bits per heavy atom. The number of aromatic nitrogens is 1. The number of pyridine rings is 1. The molecule has 0 spiro atoms. The molecule has 0 aliphatic carbocycles. The van der Waals surface area contributed by atoms with Crippen molar-refractivity contribution in [2.24, 2.45) is 0 Å². The van der Waals surface area contributed by atoms with Gasteiger partial charge in [0.25, 0.3) is 0 Å². The van der Waals surface area contributed by atoms with Gasteiger partial charge in [0.1, 0.15) is 11.7 Å². The fourth-order valence-electron chi connectivity index (χ4n) is 2.22. The minimum Gasteiger partial charge on any atom is -0.292 e. The number of rotatable bonds is 3. The Balaban J connectivity index is 2.35. The zero-order valence-electron chi connectivity index (χ0n) is 10.5. The molecule has 0 radical (unpaired) electrons. The summed E-state index contributed by atoms with van der Waals surface area (Å²) in [4.78, 5) is 17.7. The summed E-state index contributed by atoms with van der Waals surface area (Å²) >= 11 is 5.62. The van der Waals surface area contributed by atoms with Crippen molar-refractivity contribution in [3.05, 3.63) is 23.9 Å². The number of anilines is 1. The normalized spacial score (nSPS) is 21.3. The molecule has 1 aliphatic heterocycles. The number of hydrogen-bond donors (Lipinski definition) is 0. The number of amides is 1. The Labute approximate surface area is 117 Å². The summed E-state index contributed by atoms with van der Waals surface area (Å²) < 4.78 is 23.1. The van der Waals surface area contributed by atoms with Crippen LogP contribution >= 0.6 is 11.6 Å². The van der Waals surface area contributed by atoms with Crippen molar-refractivity contribution in [1.29, 1.82) is 0 Å². The van der Waals surface area contributed by atoms with Gasteiger partial charge in [0, 0.05) is 5.69 Å². The highest BCUT2D eigenvalue weighted by atomic mass is 35.5. The Morgan fingerprint density at radius 2 is 2.26 bits per heavy atom. The first-order chi connectivity index (χ1) is 8.93. The van der Waals surface area contributed by atoms with Crippen LogP contribution in [0.5, 0.6) is 0 Å². The van der Waals surface area contributed by atoms with E-state index in [4.69, 9.17) is 11.6 Å². The average molecular weight is 303 g/mol. The minimum absolute atomic E-state index is 0.0226. The third kappa shape index (κ3) is 3.25. The van der Waals surface area contributed by atoms with E-state index in [0.717, 1.165) is 5.69 Å². The lowest BCUT2D eigenvalue weighted by Gasteiger charge is -2.26. The van der Waals surface area contributed by atoms with E-state index >= 15 is 0 Å². The Hall–Kier alpha value is -1.14. The predicted molar refractivity (Wildman–Crippen MR) is 74.2 cm³/mol. The molecule has 1 atom stereocenters. The number of aryl methyl sites for hydroxylation is 1. The lowest BCUT2D eigenvalue weighted by molar-refractivity contribution is -0.116. The summed E-state index contributed by atoms with van der Waals surface area (Å²) in [6.45, 7) is 1.82. The molecule has 1 aliphatic rings. The lowest BCUT2D eigenvalue weighted by atomic mass is 10.2. The molecule has 104 valence electrons. The van der Waals surface area contributed by atoms with Crippen LogP contribution in [0.4, 0.5) is 5.82 Å². The van der Waals surface area contributed by atoms with E-state index in [-0.39, 0.29) is 29.3 Å². The first-order valence-corrected chi connectivity index (χ1v) is 8.30. The fourth-order valence-corrected chi connectivity index (χ4v) is 4.05. The average Bonchev–Trinajstić information content (AvgIpc) is 2.69. The highest BCUT2D eigenvalue weighted by Gasteiger charge is 2.35. The fraction of sp³-hybridized carbons (Fsp3) is 0.500. The molecule has 0 aromatic carbocycles. The molecule has 1 amide bonds. The van der Waals surface area contributed by atoms with Crippen LogP contribution in [0.15, 0.2) is 18.2 Å². The highest BCUT2D eigenvalue weighted by Crippen LogP contribution is 2.23. The number of carbonyl (C=O) groups is 1. The largest absolute Gasteiger partial charge is 0.292 e. The van der Waals surface area contributed by atoms with Crippen LogP contribution in [0.2, 0.25) is 0 Å². The zero-order chi connectivity index (χ0) is 14.0. The molecular weight excluding hydrogens is 288 g/mol. The molecule has 0 saturated carbocycles. The number of sulfone groups is 1. The van der Waals surface area contributed by atoms with Crippen LogP contribution in [-0.4, -0.2) is 42.7 Å². The molecule has 7 heteroatoms. The SMILES string of the molecule is Cc1cccc(N(C(=O)CCl)[C@H]2CCS(=O)(=O)C2)n1. The maximum absolute atomic E-state index is 12.0. The van der Waals surface area contributed by atoms with Gasteiger partial charge in [-0.25, -0.2) is 13.4 Å². The van der Waals surface area contributed by atoms with Crippen molar-refractivity contribution in [2.45, 2.75) is 19.4 Å². The first kappa shape index (κ1) is 14.3. The molecule has 0 N–H and O–H groups in total. The van der Waals surface area contributed by atoms with Gasteiger partial charge in [0.2, 0.25) is 5.91 Å². The van der Waals surface area contributed by atoms with Crippen molar-refractivity contribution in [2.75, 3.05) is 22.3 Å². The second-order valence-corrected chi connectivity index (χ2v) is 7.09. The number of nitrogens with zero attached hydrogens (tertiary/aromatic N) is 2. The summed E-state index contributed by atoms with van der Waals surface area (Å²) in [7, 11) is -3.07. The molecule has 2 heterocycles. The highest BCUT2D eigenvalue weighted by molar-refractivity contribution is 7.91. The van der Waals surface area contributed by atoms with E-state index in [9.17, 15) is 13.2 Å². The Bertz CT molecular complexity index is 588. The smallest absolute Gasteiger partial charge is 0.243 e. The molecule has 1 saturated heterocycles. The molecule has 0 unspecified atom stereocenters. The van der Waals surface area contributed by atoms with E-state index in [1.165, 1.54) is 4.90 Å². The number of carbonyl (C=O) groups excluding carboxylic acids is 1. The van der Waals surface area contributed by atoms with E-state index in [1.54, 1.807) is 12.1 Å². The van der Waals surface area contributed by atoms with Gasteiger partial charge in [-0.05, 0) is 25.5 Å². The van der Waals surface area contributed by atoms with Crippen LogP contribution in [-0.2, 0) is 14.6 Å². The monoisotopic (exact) mass is 302 g/mol. The lowest BCUT2D eigenvalue weighted by Crippen LogP contribution is -2.42. The predicted octanol–water partition coefficient (Wildman–Crippen LogP) is 1.15. The van der Waals surface area contributed by atoms with E-state index < -0.39 is 9.84 Å². The third-order valence-corrected chi connectivity index (χ3v) is 5.06. The summed E-state index contributed by atoms with van der Waals surface area (Å²) in [5, 5.41) is 0. The number of alkyl halides is 1. The topological polar surface area (TPSA) is 67.3 Å². The Morgan fingerprint density at radius 3 is 2.79 bits per heavy atom. The Kier molecular flexibility index (Phi) is 4.10. The molecular formula is C12H15ClN2O3S. The maximum Gasteiger partial charge on any atom is 0.243 e. The number of halogens is 1. The molecule has 0 bridgehead atoms. The van der Waals surface area contributed by atoms with E-state index in [2.05, 4.69) is 4.98 Å². The van der Waals surface area contributed by atoms with Gasteiger partial charge in [-0.2, -0.15) is 0 Å². The van der Waals surface area contributed by atoms with Crippen molar-refractivity contribution >= 4 is 33.2 Å². The molecule has 5 nitrogen and oxygen atoms in total. The summed E-state index contributed by atoms with van der Waals surface area (Å²) in [5.74, 6) is 0.0436. The third-order valence-electron chi connectivity index (χ3n) is 3.08. The van der Waals surface area contributed by atoms with Gasteiger partial charge < -0.3 is 0 Å². The van der Waals surface area contributed by atoms with Crippen molar-refractivity contribution in [3.63, 3.8) is 0 Å². The van der Waals surface area contributed by atoms with Gasteiger partial charge >= 0.3 is 0 Å². The van der Waals surface area contributed by atoms with Crippen molar-refractivity contribution in [3.8, 4) is 0 Å². The minimum atomic E-state index is -3.07. The maximum atomic E-state index is 12.0.